The van der Waals surface area contributed by atoms with Crippen LogP contribution in [0.4, 0.5) is 0 Å². The molecule has 0 unspecified atom stereocenters. The first-order valence-electron chi connectivity index (χ1n) is 8.53. The van der Waals surface area contributed by atoms with Crippen molar-refractivity contribution in [2.75, 3.05) is 6.54 Å². The van der Waals surface area contributed by atoms with Crippen molar-refractivity contribution in [3.05, 3.63) is 81.5 Å². The summed E-state index contributed by atoms with van der Waals surface area (Å²) in [5.74, 6) is 0.693. The second-order valence-electron chi connectivity index (χ2n) is 6.54. The van der Waals surface area contributed by atoms with Crippen LogP contribution >= 0.6 is 0 Å². The number of hydrogen-bond donors (Lipinski definition) is 1. The number of imidazole rings is 1. The number of nitrogens with one attached hydrogen (secondary N) is 1. The van der Waals surface area contributed by atoms with Gasteiger partial charge in [0, 0.05) is 38.8 Å². The second kappa shape index (κ2) is 6.64. The molecular formula is C19H21N5O. The smallest absolute Gasteiger partial charge is 0.255 e. The Hall–Kier alpha value is -2.73. The fourth-order valence-corrected chi connectivity index (χ4v) is 3.37. The van der Waals surface area contributed by atoms with E-state index in [0.717, 1.165) is 43.0 Å². The number of hydrogen-bond acceptors (Lipinski definition) is 4. The molecule has 0 radical (unpaired) electrons. The fourth-order valence-electron chi connectivity index (χ4n) is 3.37. The van der Waals surface area contributed by atoms with Crippen LogP contribution in [0.5, 0.6) is 0 Å². The van der Waals surface area contributed by atoms with Crippen LogP contribution in [-0.4, -0.2) is 31.0 Å². The van der Waals surface area contributed by atoms with Crippen molar-refractivity contribution in [3.63, 3.8) is 0 Å². The lowest BCUT2D eigenvalue weighted by molar-refractivity contribution is 0.236. The minimum atomic E-state index is -0.00927. The molecule has 1 aliphatic rings. The number of aryl methyl sites for hydroxylation is 1. The maximum absolute atomic E-state index is 12.2. The van der Waals surface area contributed by atoms with Crippen LogP contribution < -0.4 is 5.56 Å². The molecule has 25 heavy (non-hydrogen) atoms. The zero-order valence-corrected chi connectivity index (χ0v) is 14.3. The predicted molar refractivity (Wildman–Crippen MR) is 95.2 cm³/mol. The van der Waals surface area contributed by atoms with E-state index in [1.54, 1.807) is 0 Å². The Morgan fingerprint density at radius 2 is 2.04 bits per heavy atom. The molecule has 0 aliphatic carbocycles. The minimum Gasteiger partial charge on any atom is -0.329 e. The number of fused-ring (bicyclic) bond motifs is 1. The molecule has 0 fully saturated rings. The van der Waals surface area contributed by atoms with E-state index < -0.39 is 0 Å². The van der Waals surface area contributed by atoms with Crippen LogP contribution in [-0.2, 0) is 26.1 Å². The van der Waals surface area contributed by atoms with Crippen molar-refractivity contribution < 1.29 is 0 Å². The van der Waals surface area contributed by atoms with E-state index in [1.807, 2.05) is 25.5 Å². The average molecular weight is 335 g/mol. The van der Waals surface area contributed by atoms with Gasteiger partial charge in [-0.3, -0.25) is 9.69 Å². The van der Waals surface area contributed by atoms with Gasteiger partial charge in [0.05, 0.1) is 23.3 Å². The molecular weight excluding hydrogens is 314 g/mol. The molecule has 0 bridgehead atoms. The highest BCUT2D eigenvalue weighted by molar-refractivity contribution is 5.21. The second-order valence-corrected chi connectivity index (χ2v) is 6.54. The first-order valence-corrected chi connectivity index (χ1v) is 8.53. The molecule has 3 aromatic rings. The van der Waals surface area contributed by atoms with Crippen molar-refractivity contribution in [3.8, 4) is 0 Å². The Morgan fingerprint density at radius 1 is 1.20 bits per heavy atom. The summed E-state index contributed by atoms with van der Waals surface area (Å²) in [6, 6.07) is 10.4. The van der Waals surface area contributed by atoms with Gasteiger partial charge in [-0.2, -0.15) is 0 Å². The molecule has 1 aliphatic heterocycles. The highest BCUT2D eigenvalue weighted by Gasteiger charge is 2.21. The summed E-state index contributed by atoms with van der Waals surface area (Å²) < 4.78 is 2.17. The third-order valence-electron chi connectivity index (χ3n) is 4.65. The highest BCUT2D eigenvalue weighted by Crippen LogP contribution is 2.17. The monoisotopic (exact) mass is 335 g/mol. The van der Waals surface area contributed by atoms with Crippen LogP contribution in [0.1, 0.15) is 28.3 Å². The topological polar surface area (TPSA) is 66.8 Å². The van der Waals surface area contributed by atoms with E-state index in [2.05, 4.69) is 48.7 Å². The molecule has 0 atom stereocenters. The van der Waals surface area contributed by atoms with E-state index in [1.165, 1.54) is 5.56 Å². The molecule has 0 saturated carbocycles. The van der Waals surface area contributed by atoms with Gasteiger partial charge in [0.25, 0.3) is 5.56 Å². The van der Waals surface area contributed by atoms with E-state index in [9.17, 15) is 4.79 Å². The number of H-pyrrole nitrogens is 1. The Labute approximate surface area is 146 Å². The van der Waals surface area contributed by atoms with E-state index in [4.69, 9.17) is 0 Å². The first kappa shape index (κ1) is 15.8. The maximum Gasteiger partial charge on any atom is 0.255 e. The van der Waals surface area contributed by atoms with Crippen molar-refractivity contribution in [1.29, 1.82) is 0 Å². The Kier molecular flexibility index (Phi) is 4.19. The van der Waals surface area contributed by atoms with Gasteiger partial charge < -0.3 is 9.55 Å². The van der Waals surface area contributed by atoms with Gasteiger partial charge in [-0.1, -0.05) is 30.3 Å². The number of aromatic nitrogens is 4. The zero-order valence-electron chi connectivity index (χ0n) is 14.3. The normalized spacial score (nSPS) is 14.4. The first-order chi connectivity index (χ1) is 12.2. The maximum atomic E-state index is 12.2. The molecule has 0 saturated heterocycles. The minimum absolute atomic E-state index is 0.00927. The third-order valence-corrected chi connectivity index (χ3v) is 4.65. The summed E-state index contributed by atoms with van der Waals surface area (Å²) in [6.07, 6.45) is 4.60. The quantitative estimate of drug-likeness (QED) is 0.790. The number of nitrogens with zero attached hydrogens (tertiary/aromatic N) is 4. The lowest BCUT2D eigenvalue weighted by Gasteiger charge is -2.27. The molecule has 0 amide bonds. The van der Waals surface area contributed by atoms with E-state index in [0.29, 0.717) is 12.4 Å². The standard InChI is InChI=1S/C19H21N5O/c1-14-21-18-7-8-23(12-17(18)19(25)22-14)11-16-9-20-13-24(16)10-15-5-3-2-4-6-15/h2-6,9,13H,7-8,10-12H2,1H3,(H,21,22,25). The lowest BCUT2D eigenvalue weighted by atomic mass is 10.1. The predicted octanol–water partition coefficient (Wildman–Crippen LogP) is 1.88. The molecule has 0 spiro atoms. The average Bonchev–Trinajstić information content (AvgIpc) is 3.03. The molecule has 1 aromatic carbocycles. The van der Waals surface area contributed by atoms with Crippen molar-refractivity contribution in [1.82, 2.24) is 24.4 Å². The third kappa shape index (κ3) is 3.39. The SMILES string of the molecule is Cc1nc2c(c(=O)[nH]1)CN(Cc1cncn1Cc1ccccc1)CC2. The van der Waals surface area contributed by atoms with Gasteiger partial charge in [0.1, 0.15) is 5.82 Å². The molecule has 3 heterocycles. The summed E-state index contributed by atoms with van der Waals surface area (Å²) in [7, 11) is 0. The molecule has 4 rings (SSSR count). The summed E-state index contributed by atoms with van der Waals surface area (Å²) >= 11 is 0. The van der Waals surface area contributed by atoms with Crippen molar-refractivity contribution >= 4 is 0 Å². The summed E-state index contributed by atoms with van der Waals surface area (Å²) in [5, 5.41) is 0. The van der Waals surface area contributed by atoms with Gasteiger partial charge in [-0.05, 0) is 12.5 Å². The number of benzene rings is 1. The summed E-state index contributed by atoms with van der Waals surface area (Å²) in [5.41, 5.74) is 4.14. The molecule has 6 nitrogen and oxygen atoms in total. The Balaban J connectivity index is 1.50. The molecule has 2 aromatic heterocycles. The summed E-state index contributed by atoms with van der Waals surface area (Å²) in [6.45, 7) is 4.95. The van der Waals surface area contributed by atoms with Gasteiger partial charge >= 0.3 is 0 Å². The van der Waals surface area contributed by atoms with Crippen LogP contribution in [0, 0.1) is 6.92 Å². The van der Waals surface area contributed by atoms with Gasteiger partial charge in [0.2, 0.25) is 0 Å². The Bertz CT molecular complexity index is 928. The van der Waals surface area contributed by atoms with Crippen LogP contribution in [0.2, 0.25) is 0 Å². The van der Waals surface area contributed by atoms with Gasteiger partial charge in [-0.25, -0.2) is 9.97 Å². The van der Waals surface area contributed by atoms with Gasteiger partial charge in [-0.15, -0.1) is 0 Å². The highest BCUT2D eigenvalue weighted by atomic mass is 16.1. The van der Waals surface area contributed by atoms with Crippen LogP contribution in [0.25, 0.3) is 0 Å². The number of rotatable bonds is 4. The largest absolute Gasteiger partial charge is 0.329 e. The Morgan fingerprint density at radius 3 is 2.88 bits per heavy atom. The molecule has 128 valence electrons. The van der Waals surface area contributed by atoms with E-state index >= 15 is 0 Å². The molecule has 6 heteroatoms. The molecule has 1 N–H and O–H groups in total. The lowest BCUT2D eigenvalue weighted by Crippen LogP contribution is -2.36. The fraction of sp³-hybridized carbons (Fsp3) is 0.316. The zero-order chi connectivity index (χ0) is 17.2. The number of aromatic amines is 1. The van der Waals surface area contributed by atoms with Crippen LogP contribution in [0.15, 0.2) is 47.7 Å². The van der Waals surface area contributed by atoms with Crippen molar-refractivity contribution in [2.24, 2.45) is 0 Å². The van der Waals surface area contributed by atoms with Crippen LogP contribution in [0.3, 0.4) is 0 Å². The van der Waals surface area contributed by atoms with E-state index in [-0.39, 0.29) is 5.56 Å². The van der Waals surface area contributed by atoms with Gasteiger partial charge in [0.15, 0.2) is 0 Å². The van der Waals surface area contributed by atoms with Crippen molar-refractivity contribution in [2.45, 2.75) is 33.0 Å². The summed E-state index contributed by atoms with van der Waals surface area (Å²) in [4.78, 5) is 26.1.